The SMILES string of the molecule is CSC(C)(C)CNC(=O)c1cc(C)cc(Br)c1. The van der Waals surface area contributed by atoms with Crippen LogP contribution in [0.2, 0.25) is 0 Å². The van der Waals surface area contributed by atoms with Crippen molar-refractivity contribution in [2.45, 2.75) is 25.5 Å². The van der Waals surface area contributed by atoms with E-state index in [9.17, 15) is 4.79 Å². The van der Waals surface area contributed by atoms with Crippen LogP contribution in [-0.2, 0) is 0 Å². The number of nitrogens with one attached hydrogen (secondary N) is 1. The Bertz CT molecular complexity index is 398. The van der Waals surface area contributed by atoms with E-state index in [1.54, 1.807) is 11.8 Å². The van der Waals surface area contributed by atoms with E-state index >= 15 is 0 Å². The van der Waals surface area contributed by atoms with E-state index in [0.717, 1.165) is 10.0 Å². The van der Waals surface area contributed by atoms with Crippen LogP contribution in [0.4, 0.5) is 0 Å². The summed E-state index contributed by atoms with van der Waals surface area (Å²) in [4.78, 5) is 12.0. The van der Waals surface area contributed by atoms with E-state index in [2.05, 4.69) is 41.3 Å². The van der Waals surface area contributed by atoms with Crippen molar-refractivity contribution in [1.82, 2.24) is 5.32 Å². The number of benzene rings is 1. The summed E-state index contributed by atoms with van der Waals surface area (Å²) in [5.41, 5.74) is 1.78. The van der Waals surface area contributed by atoms with Crippen molar-refractivity contribution in [3.63, 3.8) is 0 Å². The van der Waals surface area contributed by atoms with Crippen molar-refractivity contribution >= 4 is 33.6 Å². The van der Waals surface area contributed by atoms with Gasteiger partial charge in [-0.2, -0.15) is 11.8 Å². The minimum absolute atomic E-state index is 0.0171. The van der Waals surface area contributed by atoms with Gasteiger partial charge in [0.25, 0.3) is 5.91 Å². The van der Waals surface area contributed by atoms with Crippen molar-refractivity contribution in [3.8, 4) is 0 Å². The Kier molecular flexibility index (Phi) is 5.07. The third kappa shape index (κ3) is 4.72. The van der Waals surface area contributed by atoms with Crippen LogP contribution < -0.4 is 5.32 Å². The van der Waals surface area contributed by atoms with E-state index in [0.29, 0.717) is 12.1 Å². The summed E-state index contributed by atoms with van der Waals surface area (Å²) in [5.74, 6) is -0.0171. The minimum atomic E-state index is -0.0171. The molecular weight excluding hydrogens is 298 g/mol. The van der Waals surface area contributed by atoms with Gasteiger partial charge in [0.15, 0.2) is 0 Å². The Morgan fingerprint density at radius 2 is 2.06 bits per heavy atom. The lowest BCUT2D eigenvalue weighted by Gasteiger charge is -2.22. The zero-order chi connectivity index (χ0) is 13.1. The second-order valence-corrected chi connectivity index (χ2v) is 7.09. The van der Waals surface area contributed by atoms with Crippen molar-refractivity contribution in [1.29, 1.82) is 0 Å². The van der Waals surface area contributed by atoms with Crippen LogP contribution in [0.1, 0.15) is 29.8 Å². The summed E-state index contributed by atoms with van der Waals surface area (Å²) in [6.45, 7) is 6.88. The van der Waals surface area contributed by atoms with Crippen LogP contribution in [0, 0.1) is 6.92 Å². The lowest BCUT2D eigenvalue weighted by atomic mass is 10.1. The third-order valence-corrected chi connectivity index (χ3v) is 4.24. The maximum absolute atomic E-state index is 12.0. The molecule has 4 heteroatoms. The number of carbonyl (C=O) groups excluding carboxylic acids is 1. The number of halogens is 1. The minimum Gasteiger partial charge on any atom is -0.351 e. The first-order valence-corrected chi connectivity index (χ1v) is 7.46. The van der Waals surface area contributed by atoms with Crippen LogP contribution in [0.5, 0.6) is 0 Å². The smallest absolute Gasteiger partial charge is 0.251 e. The average Bonchev–Trinajstić information content (AvgIpc) is 2.24. The third-order valence-electron chi connectivity index (χ3n) is 2.53. The van der Waals surface area contributed by atoms with E-state index in [-0.39, 0.29) is 10.7 Å². The van der Waals surface area contributed by atoms with Gasteiger partial charge in [-0.05, 0) is 50.8 Å². The van der Waals surface area contributed by atoms with Gasteiger partial charge in [-0.3, -0.25) is 4.79 Å². The fourth-order valence-corrected chi connectivity index (χ4v) is 2.16. The molecular formula is C13H18BrNOS. The largest absolute Gasteiger partial charge is 0.351 e. The second kappa shape index (κ2) is 5.91. The molecule has 0 fully saturated rings. The summed E-state index contributed by atoms with van der Waals surface area (Å²) in [6, 6.07) is 5.73. The van der Waals surface area contributed by atoms with Crippen molar-refractivity contribution in [3.05, 3.63) is 33.8 Å². The number of thioether (sulfide) groups is 1. The summed E-state index contributed by atoms with van der Waals surface area (Å²) in [7, 11) is 0. The molecule has 1 aromatic carbocycles. The fraction of sp³-hybridized carbons (Fsp3) is 0.462. The van der Waals surface area contributed by atoms with Crippen LogP contribution in [0.15, 0.2) is 22.7 Å². The highest BCUT2D eigenvalue weighted by Gasteiger charge is 2.17. The zero-order valence-corrected chi connectivity index (χ0v) is 13.0. The highest BCUT2D eigenvalue weighted by Crippen LogP contribution is 2.20. The molecule has 0 radical (unpaired) electrons. The molecule has 1 N–H and O–H groups in total. The summed E-state index contributed by atoms with van der Waals surface area (Å²) in [5, 5.41) is 2.96. The number of hydrogen-bond donors (Lipinski definition) is 1. The Morgan fingerprint density at radius 3 is 2.59 bits per heavy atom. The van der Waals surface area contributed by atoms with Crippen LogP contribution >= 0.6 is 27.7 Å². The topological polar surface area (TPSA) is 29.1 Å². The molecule has 2 nitrogen and oxygen atoms in total. The van der Waals surface area contributed by atoms with Gasteiger partial charge in [0, 0.05) is 21.3 Å². The fourth-order valence-electron chi connectivity index (χ4n) is 1.33. The molecule has 94 valence electrons. The number of carbonyl (C=O) groups is 1. The Hall–Kier alpha value is -0.480. The second-order valence-electron chi connectivity index (χ2n) is 4.66. The van der Waals surface area contributed by atoms with E-state index in [4.69, 9.17) is 0 Å². The van der Waals surface area contributed by atoms with Gasteiger partial charge in [0.1, 0.15) is 0 Å². The molecule has 0 unspecified atom stereocenters. The first kappa shape index (κ1) is 14.6. The van der Waals surface area contributed by atoms with Gasteiger partial charge in [-0.25, -0.2) is 0 Å². The number of hydrogen-bond acceptors (Lipinski definition) is 2. The van der Waals surface area contributed by atoms with Gasteiger partial charge in [0.2, 0.25) is 0 Å². The predicted octanol–water partition coefficient (Wildman–Crippen LogP) is 3.63. The quantitative estimate of drug-likeness (QED) is 0.919. The Morgan fingerprint density at radius 1 is 1.41 bits per heavy atom. The van der Waals surface area contributed by atoms with Gasteiger partial charge in [-0.15, -0.1) is 0 Å². The summed E-state index contributed by atoms with van der Waals surface area (Å²) >= 11 is 5.15. The Balaban J connectivity index is 2.70. The molecule has 0 spiro atoms. The molecule has 17 heavy (non-hydrogen) atoms. The molecule has 0 aliphatic heterocycles. The molecule has 1 amide bonds. The molecule has 0 saturated heterocycles. The number of aryl methyl sites for hydroxylation is 1. The van der Waals surface area contributed by atoms with Crippen LogP contribution in [0.25, 0.3) is 0 Å². The molecule has 0 aliphatic rings. The van der Waals surface area contributed by atoms with Crippen LogP contribution in [0.3, 0.4) is 0 Å². The van der Waals surface area contributed by atoms with E-state index in [1.807, 2.05) is 25.1 Å². The highest BCUT2D eigenvalue weighted by atomic mass is 79.9. The van der Waals surface area contributed by atoms with E-state index in [1.165, 1.54) is 0 Å². The monoisotopic (exact) mass is 315 g/mol. The van der Waals surface area contributed by atoms with Gasteiger partial charge >= 0.3 is 0 Å². The summed E-state index contributed by atoms with van der Waals surface area (Å²) < 4.78 is 1.00. The lowest BCUT2D eigenvalue weighted by molar-refractivity contribution is 0.0950. The Labute approximate surface area is 116 Å². The highest BCUT2D eigenvalue weighted by molar-refractivity contribution is 9.10. The van der Waals surface area contributed by atoms with Crippen molar-refractivity contribution < 1.29 is 4.79 Å². The molecule has 0 aliphatic carbocycles. The van der Waals surface area contributed by atoms with E-state index < -0.39 is 0 Å². The van der Waals surface area contributed by atoms with Crippen molar-refractivity contribution in [2.24, 2.45) is 0 Å². The molecule has 0 heterocycles. The zero-order valence-electron chi connectivity index (χ0n) is 10.6. The molecule has 1 aromatic rings. The molecule has 0 bridgehead atoms. The first-order valence-electron chi connectivity index (χ1n) is 5.44. The van der Waals surface area contributed by atoms with Crippen molar-refractivity contribution in [2.75, 3.05) is 12.8 Å². The maximum atomic E-state index is 12.0. The normalized spacial score (nSPS) is 11.4. The molecule has 0 aromatic heterocycles. The maximum Gasteiger partial charge on any atom is 0.251 e. The van der Waals surface area contributed by atoms with Gasteiger partial charge in [-0.1, -0.05) is 15.9 Å². The lowest BCUT2D eigenvalue weighted by Crippen LogP contribution is -2.36. The first-order chi connectivity index (χ1) is 7.84. The molecule has 1 rings (SSSR count). The number of amides is 1. The summed E-state index contributed by atoms with van der Waals surface area (Å²) in [6.07, 6.45) is 2.05. The van der Waals surface area contributed by atoms with Crippen LogP contribution in [-0.4, -0.2) is 23.5 Å². The average molecular weight is 316 g/mol. The molecule has 0 atom stereocenters. The number of rotatable bonds is 4. The molecule has 0 saturated carbocycles. The van der Waals surface area contributed by atoms with Gasteiger partial charge < -0.3 is 5.32 Å². The standard InChI is InChI=1S/C13H18BrNOS/c1-9-5-10(7-11(14)6-9)12(16)15-8-13(2,3)17-4/h5-7H,8H2,1-4H3,(H,15,16). The van der Waals surface area contributed by atoms with Gasteiger partial charge in [0.05, 0.1) is 0 Å². The predicted molar refractivity (Wildman–Crippen MR) is 78.8 cm³/mol.